The number of hydrogen-bond donors (Lipinski definition) is 2. The number of carbonyl (C=O) groups excluding carboxylic acids is 1. The van der Waals surface area contributed by atoms with E-state index in [4.69, 9.17) is 27.9 Å². The predicted octanol–water partition coefficient (Wildman–Crippen LogP) is 5.36. The highest BCUT2D eigenvalue weighted by Gasteiger charge is 2.21. The fraction of sp³-hybridized carbons (Fsp3) is 0.0455. The Labute approximate surface area is 182 Å². The summed E-state index contributed by atoms with van der Waals surface area (Å²) in [6.45, 7) is 0.148. The van der Waals surface area contributed by atoms with E-state index in [1.165, 1.54) is 6.20 Å². The van der Waals surface area contributed by atoms with Crippen LogP contribution < -0.4 is 10.1 Å². The number of fused-ring (bicyclic) bond motifs is 1. The van der Waals surface area contributed by atoms with Crippen LogP contribution in [-0.2, 0) is 6.54 Å². The number of nitrogens with zero attached hydrogens (tertiary/aromatic N) is 2. The summed E-state index contributed by atoms with van der Waals surface area (Å²) in [6.07, 6.45) is 1.52. The zero-order valence-electron chi connectivity index (χ0n) is 15.5. The number of rotatable bonds is 5. The van der Waals surface area contributed by atoms with Gasteiger partial charge >= 0.3 is 0 Å². The van der Waals surface area contributed by atoms with Gasteiger partial charge in [-0.2, -0.15) is 0 Å². The molecule has 150 valence electrons. The number of benzene rings is 2. The Morgan fingerprint density at radius 1 is 1.03 bits per heavy atom. The largest absolute Gasteiger partial charge is 0.504 e. The van der Waals surface area contributed by atoms with Crippen molar-refractivity contribution in [3.8, 4) is 17.4 Å². The molecule has 0 radical (unpaired) electrons. The minimum atomic E-state index is -0.589. The molecule has 0 fully saturated rings. The van der Waals surface area contributed by atoms with Crippen LogP contribution in [-0.4, -0.2) is 21.0 Å². The van der Waals surface area contributed by atoms with E-state index in [-0.39, 0.29) is 29.4 Å². The van der Waals surface area contributed by atoms with Gasteiger partial charge in [-0.1, -0.05) is 41.4 Å². The van der Waals surface area contributed by atoms with E-state index in [1.807, 2.05) is 18.2 Å². The van der Waals surface area contributed by atoms with Crippen LogP contribution in [0.25, 0.3) is 10.9 Å². The maximum atomic E-state index is 12.8. The normalized spacial score (nSPS) is 10.7. The molecule has 1 amide bonds. The summed E-state index contributed by atoms with van der Waals surface area (Å²) in [7, 11) is 0. The number of halogens is 2. The molecule has 0 unspecified atom stereocenters. The predicted molar refractivity (Wildman–Crippen MR) is 115 cm³/mol. The molecular formula is C22H15Cl2N3O3. The molecule has 6 nitrogen and oxygen atoms in total. The number of amides is 1. The number of hydrogen-bond acceptors (Lipinski definition) is 5. The third-order valence-corrected chi connectivity index (χ3v) is 4.68. The molecule has 4 aromatic rings. The maximum Gasteiger partial charge on any atom is 0.274 e. The number of pyridine rings is 2. The molecule has 4 rings (SSSR count). The Bertz CT molecular complexity index is 1210. The summed E-state index contributed by atoms with van der Waals surface area (Å²) >= 11 is 12.0. The lowest BCUT2D eigenvalue weighted by Gasteiger charge is -2.12. The smallest absolute Gasteiger partial charge is 0.274 e. The second kappa shape index (κ2) is 8.57. The van der Waals surface area contributed by atoms with Gasteiger partial charge in [0.15, 0.2) is 11.4 Å². The van der Waals surface area contributed by atoms with E-state index in [2.05, 4.69) is 15.3 Å². The average molecular weight is 440 g/mol. The van der Waals surface area contributed by atoms with Crippen LogP contribution in [0.1, 0.15) is 16.1 Å². The summed E-state index contributed by atoms with van der Waals surface area (Å²) < 4.78 is 5.85. The quantitative estimate of drug-likeness (QED) is 0.436. The van der Waals surface area contributed by atoms with Crippen molar-refractivity contribution in [3.05, 3.63) is 88.2 Å². The van der Waals surface area contributed by atoms with Gasteiger partial charge in [-0.15, -0.1) is 0 Å². The Morgan fingerprint density at radius 3 is 2.50 bits per heavy atom. The zero-order valence-corrected chi connectivity index (χ0v) is 17.0. The SMILES string of the molecule is O=C(NCc1cc(Cl)cc(Cl)c1)c1nc(Oc2ccccc2)c2cccnc2c1O. The third-order valence-electron chi connectivity index (χ3n) is 4.25. The molecule has 30 heavy (non-hydrogen) atoms. The molecule has 0 aliphatic rings. The highest BCUT2D eigenvalue weighted by Crippen LogP contribution is 2.34. The average Bonchev–Trinajstić information content (AvgIpc) is 2.74. The number of carbonyl (C=O) groups is 1. The Balaban J connectivity index is 1.67. The van der Waals surface area contributed by atoms with Gasteiger partial charge < -0.3 is 15.2 Å². The van der Waals surface area contributed by atoms with Crippen molar-refractivity contribution in [1.82, 2.24) is 15.3 Å². The molecule has 0 atom stereocenters. The third kappa shape index (κ3) is 4.30. The molecule has 8 heteroatoms. The lowest BCUT2D eigenvalue weighted by molar-refractivity contribution is 0.0942. The Hall–Kier alpha value is -3.35. The summed E-state index contributed by atoms with van der Waals surface area (Å²) in [5, 5.41) is 14.7. The van der Waals surface area contributed by atoms with Gasteiger partial charge in [0.1, 0.15) is 11.3 Å². The van der Waals surface area contributed by atoms with Crippen LogP contribution in [0.5, 0.6) is 17.4 Å². The first-order valence-electron chi connectivity index (χ1n) is 8.95. The van der Waals surface area contributed by atoms with E-state index in [1.54, 1.807) is 42.5 Å². The van der Waals surface area contributed by atoms with Crippen LogP contribution in [0, 0.1) is 0 Å². The fourth-order valence-corrected chi connectivity index (χ4v) is 3.48. The topological polar surface area (TPSA) is 84.3 Å². The van der Waals surface area contributed by atoms with E-state index in [0.717, 1.165) is 0 Å². The molecule has 2 N–H and O–H groups in total. The number of ether oxygens (including phenoxy) is 1. The summed E-state index contributed by atoms with van der Waals surface area (Å²) in [4.78, 5) is 21.2. The van der Waals surface area contributed by atoms with Crippen molar-refractivity contribution in [3.63, 3.8) is 0 Å². The number of nitrogens with one attached hydrogen (secondary N) is 1. The van der Waals surface area contributed by atoms with Crippen LogP contribution in [0.15, 0.2) is 66.9 Å². The number of para-hydroxylation sites is 1. The lowest BCUT2D eigenvalue weighted by atomic mass is 10.2. The molecule has 2 aromatic carbocycles. The van der Waals surface area contributed by atoms with E-state index in [0.29, 0.717) is 26.7 Å². The molecule has 0 aliphatic heterocycles. The molecule has 2 aromatic heterocycles. The van der Waals surface area contributed by atoms with Gasteiger partial charge in [-0.3, -0.25) is 9.78 Å². The van der Waals surface area contributed by atoms with Crippen molar-refractivity contribution in [2.24, 2.45) is 0 Å². The van der Waals surface area contributed by atoms with Crippen LogP contribution in [0.2, 0.25) is 10.0 Å². The van der Waals surface area contributed by atoms with E-state index in [9.17, 15) is 9.90 Å². The molecule has 0 spiro atoms. The second-order valence-electron chi connectivity index (χ2n) is 6.39. The maximum absolute atomic E-state index is 12.8. The van der Waals surface area contributed by atoms with E-state index < -0.39 is 5.91 Å². The molecule has 0 bridgehead atoms. The highest BCUT2D eigenvalue weighted by atomic mass is 35.5. The van der Waals surface area contributed by atoms with Gasteiger partial charge in [-0.25, -0.2) is 4.98 Å². The first-order chi connectivity index (χ1) is 14.5. The zero-order chi connectivity index (χ0) is 21.1. The monoisotopic (exact) mass is 439 g/mol. The van der Waals surface area contributed by atoms with E-state index >= 15 is 0 Å². The fourth-order valence-electron chi connectivity index (χ4n) is 2.91. The van der Waals surface area contributed by atoms with Gasteiger partial charge in [0, 0.05) is 22.8 Å². The minimum Gasteiger partial charge on any atom is -0.504 e. The van der Waals surface area contributed by atoms with Crippen molar-refractivity contribution >= 4 is 40.0 Å². The summed E-state index contributed by atoms with van der Waals surface area (Å²) in [5.41, 5.74) is 0.731. The number of aromatic nitrogens is 2. The van der Waals surface area contributed by atoms with Gasteiger partial charge in [0.25, 0.3) is 5.91 Å². The molecule has 0 saturated heterocycles. The molecule has 0 aliphatic carbocycles. The van der Waals surface area contributed by atoms with Crippen LogP contribution in [0.3, 0.4) is 0 Å². The number of aromatic hydroxyl groups is 1. The van der Waals surface area contributed by atoms with Gasteiger partial charge in [-0.05, 0) is 48.0 Å². The first-order valence-corrected chi connectivity index (χ1v) is 9.70. The van der Waals surface area contributed by atoms with Crippen molar-refractivity contribution in [2.45, 2.75) is 6.54 Å². The van der Waals surface area contributed by atoms with Crippen LogP contribution in [0.4, 0.5) is 0 Å². The molecule has 0 saturated carbocycles. The molecular weight excluding hydrogens is 425 g/mol. The van der Waals surface area contributed by atoms with Gasteiger partial charge in [0.2, 0.25) is 5.88 Å². The standard InChI is InChI=1S/C22H15Cl2N3O3/c23-14-9-13(10-15(24)11-14)12-26-21(29)19-20(28)18-17(7-4-8-25-18)22(27-19)30-16-5-2-1-3-6-16/h1-11,28H,12H2,(H,26,29). The summed E-state index contributed by atoms with van der Waals surface area (Å²) in [5.74, 6) is -0.208. The molecule has 2 heterocycles. The van der Waals surface area contributed by atoms with Crippen molar-refractivity contribution in [1.29, 1.82) is 0 Å². The summed E-state index contributed by atoms with van der Waals surface area (Å²) in [6, 6.07) is 17.4. The highest BCUT2D eigenvalue weighted by molar-refractivity contribution is 6.34. The Kier molecular flexibility index (Phi) is 5.70. The van der Waals surface area contributed by atoms with Gasteiger partial charge in [0.05, 0.1) is 5.39 Å². The first kappa shape index (κ1) is 19.9. The minimum absolute atomic E-state index is 0.148. The second-order valence-corrected chi connectivity index (χ2v) is 7.26. The lowest BCUT2D eigenvalue weighted by Crippen LogP contribution is -2.24. The van der Waals surface area contributed by atoms with Crippen LogP contribution >= 0.6 is 23.2 Å². The van der Waals surface area contributed by atoms with Crippen molar-refractivity contribution < 1.29 is 14.6 Å². The van der Waals surface area contributed by atoms with Crippen molar-refractivity contribution in [2.75, 3.05) is 0 Å². The Morgan fingerprint density at radius 2 is 1.77 bits per heavy atom.